The molecular formula is C14H19BrN2OS. The van der Waals surface area contributed by atoms with Crippen LogP contribution in [0.4, 0.5) is 5.69 Å². The minimum atomic E-state index is 0.303. The maximum atomic E-state index is 5.86. The molecule has 0 spiro atoms. The molecule has 1 aliphatic heterocycles. The maximum absolute atomic E-state index is 5.86. The molecule has 0 aliphatic carbocycles. The van der Waals surface area contributed by atoms with E-state index in [1.165, 1.54) is 0 Å². The number of hydrogen-bond acceptors (Lipinski definition) is 3. The number of piperidine rings is 1. The molecule has 1 unspecified atom stereocenters. The summed E-state index contributed by atoms with van der Waals surface area (Å²) in [5.41, 5.74) is 7.89. The van der Waals surface area contributed by atoms with Crippen LogP contribution in [-0.4, -0.2) is 30.8 Å². The summed E-state index contributed by atoms with van der Waals surface area (Å²) >= 11 is 8.71. The Morgan fingerprint density at radius 2 is 2.37 bits per heavy atom. The number of ether oxygens (including phenoxy) is 1. The summed E-state index contributed by atoms with van der Waals surface area (Å²) in [6.07, 6.45) is 2.56. The fourth-order valence-corrected chi connectivity index (χ4v) is 3.46. The van der Waals surface area contributed by atoms with Crippen molar-refractivity contribution in [2.45, 2.75) is 25.9 Å². The van der Waals surface area contributed by atoms with E-state index in [2.05, 4.69) is 26.9 Å². The van der Waals surface area contributed by atoms with E-state index in [0.717, 1.165) is 48.3 Å². The average molecular weight is 343 g/mol. The molecule has 2 N–H and O–H groups in total. The SMILES string of the molecule is CCOC1CCCN(c2cccc(Br)c2C(N)=S)C1. The van der Waals surface area contributed by atoms with Gasteiger partial charge >= 0.3 is 0 Å². The zero-order valence-corrected chi connectivity index (χ0v) is 13.5. The van der Waals surface area contributed by atoms with Gasteiger partial charge < -0.3 is 15.4 Å². The van der Waals surface area contributed by atoms with Crippen LogP contribution in [-0.2, 0) is 4.74 Å². The average Bonchev–Trinajstić information content (AvgIpc) is 2.38. The Morgan fingerprint density at radius 1 is 1.58 bits per heavy atom. The van der Waals surface area contributed by atoms with Crippen molar-refractivity contribution in [2.75, 3.05) is 24.6 Å². The number of nitrogens with two attached hydrogens (primary N) is 1. The van der Waals surface area contributed by atoms with Crippen LogP contribution in [0.15, 0.2) is 22.7 Å². The van der Waals surface area contributed by atoms with E-state index in [-0.39, 0.29) is 0 Å². The van der Waals surface area contributed by atoms with Crippen molar-refractivity contribution in [1.82, 2.24) is 0 Å². The van der Waals surface area contributed by atoms with Crippen LogP contribution < -0.4 is 10.6 Å². The lowest BCUT2D eigenvalue weighted by atomic mass is 10.0. The Morgan fingerprint density at radius 3 is 3.05 bits per heavy atom. The van der Waals surface area contributed by atoms with E-state index in [1.54, 1.807) is 0 Å². The van der Waals surface area contributed by atoms with E-state index in [9.17, 15) is 0 Å². The summed E-state index contributed by atoms with van der Waals surface area (Å²) < 4.78 is 6.70. The van der Waals surface area contributed by atoms with Gasteiger partial charge in [-0.15, -0.1) is 0 Å². The summed E-state index contributed by atoms with van der Waals surface area (Å²) in [5, 5.41) is 0. The van der Waals surface area contributed by atoms with Gasteiger partial charge in [-0.3, -0.25) is 0 Å². The maximum Gasteiger partial charge on any atom is 0.107 e. The fraction of sp³-hybridized carbons (Fsp3) is 0.500. The highest BCUT2D eigenvalue weighted by molar-refractivity contribution is 9.10. The molecule has 0 amide bonds. The van der Waals surface area contributed by atoms with Gasteiger partial charge in [0.2, 0.25) is 0 Å². The van der Waals surface area contributed by atoms with Crippen molar-refractivity contribution in [2.24, 2.45) is 5.73 Å². The Balaban J connectivity index is 2.26. The first-order valence-electron chi connectivity index (χ1n) is 6.58. The molecule has 0 radical (unpaired) electrons. The van der Waals surface area contributed by atoms with Crippen LogP contribution in [0, 0.1) is 0 Å². The Hall–Kier alpha value is -0.650. The number of anilines is 1. The van der Waals surface area contributed by atoms with Crippen LogP contribution in [0.1, 0.15) is 25.3 Å². The molecule has 19 heavy (non-hydrogen) atoms. The second kappa shape index (κ2) is 6.68. The summed E-state index contributed by atoms with van der Waals surface area (Å²) in [6.45, 7) is 4.73. The molecule has 0 aromatic heterocycles. The molecule has 1 fully saturated rings. The van der Waals surface area contributed by atoms with Gasteiger partial charge in [-0.1, -0.05) is 18.3 Å². The highest BCUT2D eigenvalue weighted by Crippen LogP contribution is 2.30. The van der Waals surface area contributed by atoms with E-state index in [0.29, 0.717) is 11.1 Å². The third-order valence-corrected chi connectivity index (χ3v) is 4.22. The number of nitrogens with zero attached hydrogens (tertiary/aromatic N) is 1. The van der Waals surface area contributed by atoms with Gasteiger partial charge in [0.05, 0.1) is 6.10 Å². The lowest BCUT2D eigenvalue weighted by Gasteiger charge is -2.35. The van der Waals surface area contributed by atoms with Crippen molar-refractivity contribution in [3.63, 3.8) is 0 Å². The van der Waals surface area contributed by atoms with Crippen molar-refractivity contribution < 1.29 is 4.74 Å². The zero-order valence-electron chi connectivity index (χ0n) is 11.1. The van der Waals surface area contributed by atoms with Crippen LogP contribution in [0.2, 0.25) is 0 Å². The third-order valence-electron chi connectivity index (χ3n) is 3.36. The molecule has 104 valence electrons. The topological polar surface area (TPSA) is 38.5 Å². The first-order chi connectivity index (χ1) is 9.13. The summed E-state index contributed by atoms with van der Waals surface area (Å²) in [5.74, 6) is 0. The van der Waals surface area contributed by atoms with E-state index in [4.69, 9.17) is 22.7 Å². The first-order valence-corrected chi connectivity index (χ1v) is 7.78. The molecule has 1 aromatic carbocycles. The predicted molar refractivity (Wildman–Crippen MR) is 86.9 cm³/mol. The number of thiocarbonyl (C=S) groups is 1. The van der Waals surface area contributed by atoms with Gasteiger partial charge in [-0.2, -0.15) is 0 Å². The smallest absolute Gasteiger partial charge is 0.107 e. The molecule has 1 aliphatic rings. The van der Waals surface area contributed by atoms with Gasteiger partial charge in [-0.05, 0) is 47.8 Å². The number of halogens is 1. The Bertz CT molecular complexity index is 465. The fourth-order valence-electron chi connectivity index (χ4n) is 2.55. The molecule has 1 aromatic rings. The Labute approximate surface area is 128 Å². The minimum Gasteiger partial charge on any atom is -0.389 e. The molecule has 3 nitrogen and oxygen atoms in total. The highest BCUT2D eigenvalue weighted by atomic mass is 79.9. The van der Waals surface area contributed by atoms with Gasteiger partial charge in [0, 0.05) is 35.4 Å². The molecule has 0 bridgehead atoms. The quantitative estimate of drug-likeness (QED) is 0.853. The van der Waals surface area contributed by atoms with Crippen molar-refractivity contribution in [3.05, 3.63) is 28.2 Å². The first kappa shape index (κ1) is 14.8. The normalized spacial score (nSPS) is 19.5. The third kappa shape index (κ3) is 3.46. The standard InChI is InChI=1S/C14H19BrN2OS/c1-2-18-10-5-4-8-17(9-10)12-7-3-6-11(15)13(12)14(16)19/h3,6-7,10H,2,4-5,8-9H2,1H3,(H2,16,19). The summed E-state index contributed by atoms with van der Waals surface area (Å²) in [4.78, 5) is 2.75. The molecule has 5 heteroatoms. The zero-order chi connectivity index (χ0) is 13.8. The van der Waals surface area contributed by atoms with Gasteiger partial charge in [0.1, 0.15) is 4.99 Å². The predicted octanol–water partition coefficient (Wildman–Crippen LogP) is 3.09. The summed E-state index contributed by atoms with van der Waals surface area (Å²) in [7, 11) is 0. The number of rotatable bonds is 4. The van der Waals surface area contributed by atoms with Crippen molar-refractivity contribution in [3.8, 4) is 0 Å². The highest BCUT2D eigenvalue weighted by Gasteiger charge is 2.23. The number of benzene rings is 1. The van der Waals surface area contributed by atoms with Crippen LogP contribution >= 0.6 is 28.1 Å². The van der Waals surface area contributed by atoms with Gasteiger partial charge in [0.15, 0.2) is 0 Å². The molecule has 1 atom stereocenters. The van der Waals surface area contributed by atoms with Crippen molar-refractivity contribution in [1.29, 1.82) is 0 Å². The van der Waals surface area contributed by atoms with Crippen molar-refractivity contribution >= 4 is 38.8 Å². The molecule has 0 saturated carbocycles. The monoisotopic (exact) mass is 342 g/mol. The lowest BCUT2D eigenvalue weighted by Crippen LogP contribution is -2.40. The van der Waals surface area contributed by atoms with E-state index < -0.39 is 0 Å². The van der Waals surface area contributed by atoms with E-state index >= 15 is 0 Å². The molecular weight excluding hydrogens is 324 g/mol. The largest absolute Gasteiger partial charge is 0.389 e. The second-order valence-corrected chi connectivity index (χ2v) is 5.96. The van der Waals surface area contributed by atoms with Crippen LogP contribution in [0.5, 0.6) is 0 Å². The van der Waals surface area contributed by atoms with Crippen LogP contribution in [0.3, 0.4) is 0 Å². The van der Waals surface area contributed by atoms with E-state index in [1.807, 2.05) is 19.1 Å². The van der Waals surface area contributed by atoms with Gasteiger partial charge in [0.25, 0.3) is 0 Å². The van der Waals surface area contributed by atoms with Gasteiger partial charge in [-0.25, -0.2) is 0 Å². The molecule has 1 heterocycles. The second-order valence-electron chi connectivity index (χ2n) is 4.66. The minimum absolute atomic E-state index is 0.303. The molecule has 1 saturated heterocycles. The van der Waals surface area contributed by atoms with Crippen LogP contribution in [0.25, 0.3) is 0 Å². The molecule has 2 rings (SSSR count). The number of hydrogen-bond donors (Lipinski definition) is 1. The summed E-state index contributed by atoms with van der Waals surface area (Å²) in [6, 6.07) is 6.07. The lowest BCUT2D eigenvalue weighted by molar-refractivity contribution is 0.0526. The Kier molecular flexibility index (Phi) is 5.19.